The van der Waals surface area contributed by atoms with Gasteiger partial charge in [0.05, 0.1) is 17.5 Å². The maximum absolute atomic E-state index is 14.8. The minimum absolute atomic E-state index is 0.00393. The van der Waals surface area contributed by atoms with Crippen molar-refractivity contribution in [2.24, 2.45) is 17.6 Å². The number of nitrogens with one attached hydrogen (secondary N) is 7. The summed E-state index contributed by atoms with van der Waals surface area (Å²) in [6, 6.07) is -1.58. The summed E-state index contributed by atoms with van der Waals surface area (Å²) < 4.78 is 14.8. The summed E-state index contributed by atoms with van der Waals surface area (Å²) in [6.45, 7) is 7.72. The molecule has 25 nitrogen and oxygen atoms in total. The van der Waals surface area contributed by atoms with Gasteiger partial charge in [-0.15, -0.1) is 0 Å². The molecule has 0 unspecified atom stereocenters. The van der Waals surface area contributed by atoms with Gasteiger partial charge in [0, 0.05) is 32.2 Å². The normalized spacial score (nSPS) is 16.2. The first-order valence-electron chi connectivity index (χ1n) is 25.1. The molecule has 27 heteroatoms. The first-order valence-corrected chi connectivity index (χ1v) is 25.5. The van der Waals surface area contributed by atoms with E-state index in [0.29, 0.717) is 5.56 Å². The Bertz CT molecular complexity index is 2520. The van der Waals surface area contributed by atoms with Crippen LogP contribution < -0.4 is 43.0 Å². The van der Waals surface area contributed by atoms with Crippen molar-refractivity contribution in [1.29, 1.82) is 0 Å². The van der Waals surface area contributed by atoms with Crippen LogP contribution in [0.4, 0.5) is 4.39 Å². The number of benzene rings is 2. The highest BCUT2D eigenvalue weighted by Crippen LogP contribution is 2.23. The first-order chi connectivity index (χ1) is 36.6. The standard InChI is InChI=1S/C51H69ClFN9O16/c1-25(2)20-34(58-49(75)42(26(3)4)61-44(70)32(54)15-17-39(63)64)47(73)59-36(23-29-13-14-30(52)31(53)21-29)50(76)62-19-9-12-38(62)48(74)57-35(24-41(67)68)46(72)55-27(5)43(69)56-33(16-18-40(65)66)45(71)60-37(51(77)78)22-28-10-7-6-8-11-28/h6-8,10-11,13-14,21,25-27,32-38,42H,9,12,15-20,22-24,54H2,1-5H3,(H,55,72)(H,56,69)(H,57,74)(H,58,75)(H,59,73)(H,60,71)(H,61,70)(H,63,64)(H,65,66)(H,67,68)(H,77,78)/t27-,32-,33-,34-,35-,36-,37-,38+,42-/m0/s1. The van der Waals surface area contributed by atoms with Crippen molar-refractivity contribution in [1.82, 2.24) is 42.1 Å². The number of nitrogens with zero attached hydrogens (tertiary/aromatic N) is 1. The zero-order valence-corrected chi connectivity index (χ0v) is 44.5. The lowest BCUT2D eigenvalue weighted by Gasteiger charge is -2.31. The van der Waals surface area contributed by atoms with Gasteiger partial charge in [0.15, 0.2) is 0 Å². The Labute approximate surface area is 453 Å². The molecule has 9 atom stereocenters. The van der Waals surface area contributed by atoms with Crippen LogP contribution in [-0.2, 0) is 70.4 Å². The highest BCUT2D eigenvalue weighted by molar-refractivity contribution is 6.30. The van der Waals surface area contributed by atoms with Crippen molar-refractivity contribution in [3.8, 4) is 0 Å². The van der Waals surface area contributed by atoms with Gasteiger partial charge < -0.3 is 68.3 Å². The minimum Gasteiger partial charge on any atom is -0.481 e. The number of likely N-dealkylation sites (tertiary alicyclic amines) is 1. The Morgan fingerprint density at radius 1 is 0.628 bits per heavy atom. The maximum Gasteiger partial charge on any atom is 0.326 e. The predicted octanol–water partition coefficient (Wildman–Crippen LogP) is -0.0129. The molecule has 2 aromatic carbocycles. The van der Waals surface area contributed by atoms with E-state index in [1.165, 1.54) is 12.1 Å². The number of amides is 8. The first kappa shape index (κ1) is 64.5. The van der Waals surface area contributed by atoms with E-state index in [4.69, 9.17) is 22.4 Å². The van der Waals surface area contributed by atoms with E-state index in [-0.39, 0.29) is 61.6 Å². The predicted molar refractivity (Wildman–Crippen MR) is 275 cm³/mol. The third-order valence-electron chi connectivity index (χ3n) is 12.4. The Hall–Kier alpha value is -7.74. The van der Waals surface area contributed by atoms with Gasteiger partial charge in [-0.2, -0.15) is 0 Å². The molecule has 1 heterocycles. The number of aliphatic carboxylic acids is 4. The maximum atomic E-state index is 14.8. The summed E-state index contributed by atoms with van der Waals surface area (Å²) in [5, 5.41) is 54.6. The third-order valence-corrected chi connectivity index (χ3v) is 12.7. The number of rotatable bonds is 31. The molecule has 78 heavy (non-hydrogen) atoms. The second-order valence-corrected chi connectivity index (χ2v) is 20.0. The molecule has 0 spiro atoms. The summed E-state index contributed by atoms with van der Waals surface area (Å²) >= 11 is 5.92. The van der Waals surface area contributed by atoms with Crippen LogP contribution in [0.25, 0.3) is 0 Å². The highest BCUT2D eigenvalue weighted by Gasteiger charge is 2.41. The largest absolute Gasteiger partial charge is 0.481 e. The van der Waals surface area contributed by atoms with E-state index in [1.807, 2.05) is 0 Å². The van der Waals surface area contributed by atoms with Gasteiger partial charge in [-0.3, -0.25) is 52.7 Å². The average molecular weight is 1120 g/mol. The lowest BCUT2D eigenvalue weighted by atomic mass is 9.98. The van der Waals surface area contributed by atoms with Crippen molar-refractivity contribution in [3.63, 3.8) is 0 Å². The van der Waals surface area contributed by atoms with Gasteiger partial charge in [0.1, 0.15) is 54.2 Å². The number of nitrogens with two attached hydrogens (primary N) is 1. The molecule has 0 radical (unpaired) electrons. The van der Waals surface area contributed by atoms with E-state index in [1.54, 1.807) is 58.0 Å². The topological polar surface area (TPSA) is 399 Å². The van der Waals surface area contributed by atoms with Gasteiger partial charge >= 0.3 is 23.9 Å². The molecule has 1 fully saturated rings. The number of carboxylic acids is 4. The molecule has 3 rings (SSSR count). The number of hydrogen-bond donors (Lipinski definition) is 12. The minimum atomic E-state index is -1.89. The van der Waals surface area contributed by atoms with Gasteiger partial charge in [0.2, 0.25) is 47.3 Å². The van der Waals surface area contributed by atoms with Crippen molar-refractivity contribution in [3.05, 3.63) is 70.5 Å². The number of carboxylic acid groups (broad SMARTS) is 4. The summed E-state index contributed by atoms with van der Waals surface area (Å²) in [6.07, 6.45) is -3.24. The smallest absolute Gasteiger partial charge is 0.326 e. The zero-order chi connectivity index (χ0) is 58.6. The molecular formula is C51H69ClFN9O16. The van der Waals surface area contributed by atoms with Gasteiger partial charge in [0.25, 0.3) is 0 Å². The molecule has 0 bridgehead atoms. The van der Waals surface area contributed by atoms with Crippen LogP contribution in [0.3, 0.4) is 0 Å². The van der Waals surface area contributed by atoms with E-state index in [9.17, 15) is 77.2 Å². The van der Waals surface area contributed by atoms with Crippen molar-refractivity contribution in [2.75, 3.05) is 6.54 Å². The average Bonchev–Trinajstić information content (AvgIpc) is 3.86. The number of carbonyl (C=O) groups excluding carboxylic acids is 8. The van der Waals surface area contributed by atoms with Crippen molar-refractivity contribution >= 4 is 82.7 Å². The van der Waals surface area contributed by atoms with Gasteiger partial charge in [-0.05, 0) is 74.1 Å². The fourth-order valence-corrected chi connectivity index (χ4v) is 8.35. The quantitative estimate of drug-likeness (QED) is 0.0472. The molecule has 0 aromatic heterocycles. The Morgan fingerprint density at radius 3 is 1.77 bits per heavy atom. The van der Waals surface area contributed by atoms with Gasteiger partial charge in [-0.1, -0.05) is 75.7 Å². The fourth-order valence-electron chi connectivity index (χ4n) is 8.23. The molecule has 2 aromatic rings. The monoisotopic (exact) mass is 1120 g/mol. The number of carbonyl (C=O) groups is 12. The third kappa shape index (κ3) is 21.0. The molecule has 13 N–H and O–H groups in total. The second-order valence-electron chi connectivity index (χ2n) is 19.6. The van der Waals surface area contributed by atoms with Crippen LogP contribution in [-0.4, -0.2) is 157 Å². The SMILES string of the molecule is CC(C)C[C@H](NC(=O)[C@@H](NC(=O)[C@@H](N)CCC(=O)O)C(C)C)C(=O)N[C@@H](Cc1ccc(Cl)c(F)c1)C(=O)N1CCC[C@@H]1C(=O)N[C@@H](CC(=O)O)C(=O)N[C@@H](C)C(=O)N[C@@H](CCC(=O)O)C(=O)N[C@@H](Cc1ccccc1)C(=O)O. The van der Waals surface area contributed by atoms with E-state index in [0.717, 1.165) is 17.9 Å². The lowest BCUT2D eigenvalue weighted by molar-refractivity contribution is -0.144. The fraction of sp³-hybridized carbons (Fsp3) is 0.529. The van der Waals surface area contributed by atoms with Crippen LogP contribution in [0.15, 0.2) is 48.5 Å². The summed E-state index contributed by atoms with van der Waals surface area (Å²) in [5.74, 6) is -15.0. The molecule has 1 saturated heterocycles. The van der Waals surface area contributed by atoms with Crippen LogP contribution in [0.1, 0.15) is 97.1 Å². The highest BCUT2D eigenvalue weighted by atomic mass is 35.5. The zero-order valence-electron chi connectivity index (χ0n) is 43.7. The van der Waals surface area contributed by atoms with Crippen LogP contribution >= 0.6 is 11.6 Å². The number of halogens is 2. The second kappa shape index (κ2) is 30.9. The summed E-state index contributed by atoms with van der Waals surface area (Å²) in [4.78, 5) is 158. The van der Waals surface area contributed by atoms with Crippen molar-refractivity contribution in [2.45, 2.75) is 153 Å². The molecule has 428 valence electrons. The lowest BCUT2D eigenvalue weighted by Crippen LogP contribution is -2.61. The summed E-state index contributed by atoms with van der Waals surface area (Å²) in [7, 11) is 0. The molecular weight excluding hydrogens is 1050 g/mol. The molecule has 0 saturated carbocycles. The molecule has 1 aliphatic rings. The van der Waals surface area contributed by atoms with Gasteiger partial charge in [-0.25, -0.2) is 9.18 Å². The van der Waals surface area contributed by atoms with Crippen LogP contribution in [0.5, 0.6) is 0 Å². The Balaban J connectivity index is 1.85. The van der Waals surface area contributed by atoms with Crippen molar-refractivity contribution < 1.29 is 82.4 Å². The molecule has 1 aliphatic heterocycles. The van der Waals surface area contributed by atoms with E-state index < -0.39 is 163 Å². The molecule has 0 aliphatic carbocycles. The number of hydrogen-bond acceptors (Lipinski definition) is 13. The van der Waals surface area contributed by atoms with E-state index >= 15 is 0 Å². The molecule has 8 amide bonds. The summed E-state index contributed by atoms with van der Waals surface area (Å²) in [5.41, 5.74) is 6.58. The van der Waals surface area contributed by atoms with Crippen LogP contribution in [0.2, 0.25) is 5.02 Å². The van der Waals surface area contributed by atoms with Crippen LogP contribution in [0, 0.1) is 17.7 Å². The Morgan fingerprint density at radius 2 is 1.19 bits per heavy atom. The van der Waals surface area contributed by atoms with E-state index in [2.05, 4.69) is 37.2 Å². The Kier molecular flexibility index (Phi) is 25.5.